The minimum Gasteiger partial charge on any atom is -0.356 e. The van der Waals surface area contributed by atoms with Crippen molar-refractivity contribution in [1.82, 2.24) is 10.6 Å². The molecule has 0 saturated carbocycles. The van der Waals surface area contributed by atoms with Gasteiger partial charge in [0.05, 0.1) is 0 Å². The molecule has 0 radical (unpaired) electrons. The van der Waals surface area contributed by atoms with Crippen LogP contribution in [0.25, 0.3) is 0 Å². The van der Waals surface area contributed by atoms with Crippen LogP contribution in [0.3, 0.4) is 0 Å². The van der Waals surface area contributed by atoms with Gasteiger partial charge in [-0.25, -0.2) is 0 Å². The van der Waals surface area contributed by atoms with Crippen molar-refractivity contribution < 1.29 is 4.79 Å². The zero-order chi connectivity index (χ0) is 14.6. The first-order chi connectivity index (χ1) is 9.68. The van der Waals surface area contributed by atoms with E-state index < -0.39 is 0 Å². The van der Waals surface area contributed by atoms with Crippen molar-refractivity contribution in [1.29, 1.82) is 0 Å². The number of carbonyl (C=O) groups excluding carboxylic acids is 1. The molecule has 1 saturated heterocycles. The molecule has 20 heavy (non-hydrogen) atoms. The fourth-order valence-corrected chi connectivity index (χ4v) is 2.82. The number of rotatable bonds is 10. The van der Waals surface area contributed by atoms with Crippen LogP contribution in [0.15, 0.2) is 0 Å². The molecule has 1 atom stereocenters. The maximum Gasteiger partial charge on any atom is 0.220 e. The first-order valence-corrected chi connectivity index (χ1v) is 8.68. The summed E-state index contributed by atoms with van der Waals surface area (Å²) in [6, 6.07) is 0.575. The van der Waals surface area contributed by atoms with Crippen LogP contribution in [0.1, 0.15) is 78.1 Å². The number of carbonyl (C=O) groups is 1. The van der Waals surface area contributed by atoms with Crippen LogP contribution in [0, 0.1) is 5.92 Å². The molecule has 0 aliphatic carbocycles. The quantitative estimate of drug-likeness (QED) is 0.601. The van der Waals surface area contributed by atoms with E-state index in [1.54, 1.807) is 0 Å². The van der Waals surface area contributed by atoms with Crippen molar-refractivity contribution in [3.8, 4) is 0 Å². The molecule has 0 aromatic carbocycles. The van der Waals surface area contributed by atoms with Crippen LogP contribution in [-0.4, -0.2) is 25.0 Å². The van der Waals surface area contributed by atoms with Gasteiger partial charge in [0.15, 0.2) is 0 Å². The van der Waals surface area contributed by atoms with E-state index >= 15 is 0 Å². The van der Waals surface area contributed by atoms with Gasteiger partial charge in [-0.2, -0.15) is 0 Å². The van der Waals surface area contributed by atoms with Crippen molar-refractivity contribution in [3.05, 3.63) is 0 Å². The number of hydrogen-bond acceptors (Lipinski definition) is 2. The lowest BCUT2D eigenvalue weighted by Gasteiger charge is -2.23. The van der Waals surface area contributed by atoms with Gasteiger partial charge < -0.3 is 10.6 Å². The minimum atomic E-state index is 0.236. The first-order valence-electron chi connectivity index (χ1n) is 8.68. The van der Waals surface area contributed by atoms with Gasteiger partial charge in [0.25, 0.3) is 0 Å². The predicted molar refractivity (Wildman–Crippen MR) is 85.8 cm³/mol. The first kappa shape index (κ1) is 17.5. The average molecular weight is 282 g/mol. The second-order valence-corrected chi connectivity index (χ2v) is 6.63. The SMILES string of the molecule is CC(C)CCCCCCNC(=O)CCC1CCCCN1. The molecule has 1 unspecified atom stereocenters. The number of piperidine rings is 1. The van der Waals surface area contributed by atoms with Crippen molar-refractivity contribution in [2.75, 3.05) is 13.1 Å². The topological polar surface area (TPSA) is 41.1 Å². The third-order valence-electron chi connectivity index (χ3n) is 4.16. The van der Waals surface area contributed by atoms with Crippen LogP contribution < -0.4 is 10.6 Å². The molecule has 1 heterocycles. The Morgan fingerprint density at radius 3 is 2.70 bits per heavy atom. The maximum absolute atomic E-state index is 11.7. The van der Waals surface area contributed by atoms with Crippen molar-refractivity contribution >= 4 is 5.91 Å². The number of unbranched alkanes of at least 4 members (excludes halogenated alkanes) is 3. The molecule has 118 valence electrons. The number of hydrogen-bond donors (Lipinski definition) is 2. The van der Waals surface area contributed by atoms with Crippen molar-refractivity contribution in [2.45, 2.75) is 84.1 Å². The molecular weight excluding hydrogens is 248 g/mol. The highest BCUT2D eigenvalue weighted by Gasteiger charge is 2.13. The summed E-state index contributed by atoms with van der Waals surface area (Å²) in [7, 11) is 0. The average Bonchev–Trinajstić information content (AvgIpc) is 2.45. The zero-order valence-electron chi connectivity index (χ0n) is 13.5. The Balaban J connectivity index is 1.87. The summed E-state index contributed by atoms with van der Waals surface area (Å²) in [5, 5.41) is 6.55. The van der Waals surface area contributed by atoms with Gasteiger partial charge in [0.1, 0.15) is 0 Å². The van der Waals surface area contributed by atoms with Crippen molar-refractivity contribution in [2.24, 2.45) is 5.92 Å². The summed E-state index contributed by atoms with van der Waals surface area (Å²) in [5.41, 5.74) is 0. The van der Waals surface area contributed by atoms with E-state index in [1.165, 1.54) is 44.9 Å². The molecule has 0 bridgehead atoms. The minimum absolute atomic E-state index is 0.236. The molecule has 1 fully saturated rings. The third kappa shape index (κ3) is 9.35. The highest BCUT2D eigenvalue weighted by molar-refractivity contribution is 5.75. The summed E-state index contributed by atoms with van der Waals surface area (Å²) in [6.07, 6.45) is 11.9. The molecule has 3 heteroatoms. The van der Waals surface area contributed by atoms with Gasteiger partial charge in [-0.1, -0.05) is 46.0 Å². The molecule has 2 N–H and O–H groups in total. The maximum atomic E-state index is 11.7. The lowest BCUT2D eigenvalue weighted by Crippen LogP contribution is -2.35. The van der Waals surface area contributed by atoms with E-state index in [2.05, 4.69) is 24.5 Å². The van der Waals surface area contributed by atoms with Crippen LogP contribution in [0.2, 0.25) is 0 Å². The Kier molecular flexibility index (Phi) is 9.73. The Morgan fingerprint density at radius 1 is 1.20 bits per heavy atom. The summed E-state index contributed by atoms with van der Waals surface area (Å²) in [5.74, 6) is 1.06. The van der Waals surface area contributed by atoms with Gasteiger partial charge in [0, 0.05) is 19.0 Å². The van der Waals surface area contributed by atoms with Gasteiger partial charge in [-0.3, -0.25) is 4.79 Å². The number of nitrogens with one attached hydrogen (secondary N) is 2. The Labute approximate surface area is 125 Å². The van der Waals surface area contributed by atoms with E-state index in [0.717, 1.165) is 31.8 Å². The zero-order valence-corrected chi connectivity index (χ0v) is 13.5. The van der Waals surface area contributed by atoms with Gasteiger partial charge >= 0.3 is 0 Å². The molecule has 0 aromatic rings. The summed E-state index contributed by atoms with van der Waals surface area (Å²) in [6.45, 7) is 6.55. The third-order valence-corrected chi connectivity index (χ3v) is 4.16. The van der Waals surface area contributed by atoms with Crippen LogP contribution in [-0.2, 0) is 4.79 Å². The van der Waals surface area contributed by atoms with Crippen LogP contribution >= 0.6 is 0 Å². The van der Waals surface area contributed by atoms with Gasteiger partial charge in [-0.15, -0.1) is 0 Å². The standard InChI is InChI=1S/C17H34N2O/c1-15(2)9-5-3-4-7-14-19-17(20)12-11-16-10-6-8-13-18-16/h15-16,18H,3-14H2,1-2H3,(H,19,20). The summed E-state index contributed by atoms with van der Waals surface area (Å²) >= 11 is 0. The molecule has 1 aliphatic heterocycles. The second kappa shape index (κ2) is 11.1. The lowest BCUT2D eigenvalue weighted by molar-refractivity contribution is -0.121. The molecule has 1 amide bonds. The largest absolute Gasteiger partial charge is 0.356 e. The van der Waals surface area contributed by atoms with Crippen molar-refractivity contribution in [3.63, 3.8) is 0 Å². The highest BCUT2D eigenvalue weighted by atomic mass is 16.1. The normalized spacial score (nSPS) is 19.2. The highest BCUT2D eigenvalue weighted by Crippen LogP contribution is 2.12. The van der Waals surface area contributed by atoms with E-state index in [-0.39, 0.29) is 5.91 Å². The summed E-state index contributed by atoms with van der Waals surface area (Å²) < 4.78 is 0. The Bertz CT molecular complexity index is 247. The Morgan fingerprint density at radius 2 is 2.00 bits per heavy atom. The summed E-state index contributed by atoms with van der Waals surface area (Å²) in [4.78, 5) is 11.7. The molecule has 1 rings (SSSR count). The molecule has 3 nitrogen and oxygen atoms in total. The van der Waals surface area contributed by atoms with Gasteiger partial charge in [-0.05, 0) is 38.1 Å². The Hall–Kier alpha value is -0.570. The van der Waals surface area contributed by atoms with E-state index in [0.29, 0.717) is 12.5 Å². The number of amides is 1. The molecule has 0 aromatic heterocycles. The van der Waals surface area contributed by atoms with E-state index in [9.17, 15) is 4.79 Å². The molecule has 0 spiro atoms. The van der Waals surface area contributed by atoms with E-state index in [1.807, 2.05) is 0 Å². The van der Waals surface area contributed by atoms with Crippen LogP contribution in [0.5, 0.6) is 0 Å². The molecular formula is C17H34N2O. The van der Waals surface area contributed by atoms with E-state index in [4.69, 9.17) is 0 Å². The predicted octanol–water partition coefficient (Wildman–Crippen LogP) is 3.63. The second-order valence-electron chi connectivity index (χ2n) is 6.63. The molecule has 1 aliphatic rings. The van der Waals surface area contributed by atoms with Crippen LogP contribution in [0.4, 0.5) is 0 Å². The smallest absolute Gasteiger partial charge is 0.220 e. The lowest BCUT2D eigenvalue weighted by atomic mass is 10.0. The van der Waals surface area contributed by atoms with Gasteiger partial charge in [0.2, 0.25) is 5.91 Å². The monoisotopic (exact) mass is 282 g/mol. The fourth-order valence-electron chi connectivity index (χ4n) is 2.82. The fraction of sp³-hybridized carbons (Fsp3) is 0.941.